The van der Waals surface area contributed by atoms with Crippen LogP contribution in [0.5, 0.6) is 11.5 Å². The number of piperidine rings is 1. The summed E-state index contributed by atoms with van der Waals surface area (Å²) < 4.78 is 10.7. The largest absolute Gasteiger partial charge is 0.497 e. The molecular formula is C22H28N2O3. The number of hydrogen-bond acceptors (Lipinski definition) is 4. The van der Waals surface area contributed by atoms with Crippen molar-refractivity contribution in [2.24, 2.45) is 0 Å². The summed E-state index contributed by atoms with van der Waals surface area (Å²) in [6.45, 7) is 1.61. The maximum absolute atomic E-state index is 12.6. The second kappa shape index (κ2) is 9.31. The molecule has 1 saturated heterocycles. The fourth-order valence-corrected chi connectivity index (χ4v) is 3.52. The van der Waals surface area contributed by atoms with E-state index >= 15 is 0 Å². The molecule has 5 nitrogen and oxygen atoms in total. The lowest BCUT2D eigenvalue weighted by Crippen LogP contribution is -2.42. The van der Waals surface area contributed by atoms with Crippen molar-refractivity contribution in [3.63, 3.8) is 0 Å². The van der Waals surface area contributed by atoms with Crippen molar-refractivity contribution in [2.45, 2.75) is 31.7 Å². The zero-order valence-electron chi connectivity index (χ0n) is 16.1. The smallest absolute Gasteiger partial charge is 0.222 e. The van der Waals surface area contributed by atoms with Crippen LogP contribution in [-0.4, -0.2) is 44.2 Å². The second-order valence-electron chi connectivity index (χ2n) is 6.84. The number of ether oxygens (including phenoxy) is 2. The molecule has 0 aliphatic carbocycles. The molecule has 3 rings (SSSR count). The maximum atomic E-state index is 12.6. The number of anilines is 1. The predicted molar refractivity (Wildman–Crippen MR) is 108 cm³/mol. The lowest BCUT2D eigenvalue weighted by atomic mass is 10.0. The van der Waals surface area contributed by atoms with Crippen molar-refractivity contribution in [3.05, 3.63) is 54.1 Å². The molecule has 1 fully saturated rings. The van der Waals surface area contributed by atoms with E-state index in [-0.39, 0.29) is 5.91 Å². The molecule has 0 unspecified atom stereocenters. The molecule has 1 amide bonds. The highest BCUT2D eigenvalue weighted by molar-refractivity contribution is 5.76. The molecule has 2 aromatic carbocycles. The first-order valence-electron chi connectivity index (χ1n) is 9.50. The molecule has 144 valence electrons. The Bertz CT molecular complexity index is 740. The van der Waals surface area contributed by atoms with Crippen LogP contribution in [0.3, 0.4) is 0 Å². The summed E-state index contributed by atoms with van der Waals surface area (Å²) in [6, 6.07) is 16.4. The third-order valence-electron chi connectivity index (χ3n) is 5.09. The molecule has 1 aliphatic rings. The third kappa shape index (κ3) is 5.16. The van der Waals surface area contributed by atoms with Crippen molar-refractivity contribution in [2.75, 3.05) is 32.6 Å². The molecule has 0 radical (unpaired) electrons. The number of amides is 1. The van der Waals surface area contributed by atoms with E-state index in [1.54, 1.807) is 14.2 Å². The van der Waals surface area contributed by atoms with Gasteiger partial charge in [0.15, 0.2) is 0 Å². The van der Waals surface area contributed by atoms with Gasteiger partial charge in [-0.25, -0.2) is 0 Å². The molecule has 2 aromatic rings. The summed E-state index contributed by atoms with van der Waals surface area (Å²) in [7, 11) is 3.29. The van der Waals surface area contributed by atoms with Gasteiger partial charge >= 0.3 is 0 Å². The Morgan fingerprint density at radius 3 is 2.48 bits per heavy atom. The Kier molecular flexibility index (Phi) is 6.58. The van der Waals surface area contributed by atoms with E-state index in [0.717, 1.165) is 48.7 Å². The summed E-state index contributed by atoms with van der Waals surface area (Å²) in [5.74, 6) is 1.79. The van der Waals surface area contributed by atoms with Crippen LogP contribution in [0.25, 0.3) is 0 Å². The highest BCUT2D eigenvalue weighted by Gasteiger charge is 2.22. The summed E-state index contributed by atoms with van der Waals surface area (Å²) in [5, 5.41) is 3.56. The fraction of sp³-hybridized carbons (Fsp3) is 0.409. The maximum Gasteiger partial charge on any atom is 0.222 e. The molecule has 27 heavy (non-hydrogen) atoms. The van der Waals surface area contributed by atoms with E-state index in [1.165, 1.54) is 0 Å². The molecule has 5 heteroatoms. The lowest BCUT2D eigenvalue weighted by Gasteiger charge is -2.33. The lowest BCUT2D eigenvalue weighted by molar-refractivity contribution is -0.132. The monoisotopic (exact) mass is 368 g/mol. The van der Waals surface area contributed by atoms with E-state index in [9.17, 15) is 4.79 Å². The number of likely N-dealkylation sites (tertiary alicyclic amines) is 1. The Labute approximate surface area is 161 Å². The van der Waals surface area contributed by atoms with Gasteiger partial charge < -0.3 is 19.7 Å². The summed E-state index contributed by atoms with van der Waals surface area (Å²) in [6.07, 6.45) is 3.09. The first kappa shape index (κ1) is 19.1. The van der Waals surface area contributed by atoms with E-state index in [2.05, 4.69) is 17.4 Å². The van der Waals surface area contributed by atoms with Crippen molar-refractivity contribution < 1.29 is 14.3 Å². The number of aryl methyl sites for hydroxylation is 1. The molecule has 1 N–H and O–H groups in total. The van der Waals surface area contributed by atoms with E-state index < -0.39 is 0 Å². The first-order chi connectivity index (χ1) is 13.2. The molecule has 1 heterocycles. The van der Waals surface area contributed by atoms with Gasteiger partial charge in [-0.3, -0.25) is 4.79 Å². The van der Waals surface area contributed by atoms with Gasteiger partial charge in [-0.05, 0) is 55.2 Å². The summed E-state index contributed by atoms with van der Waals surface area (Å²) in [5.41, 5.74) is 2.15. The number of benzene rings is 2. The highest BCUT2D eigenvalue weighted by Crippen LogP contribution is 2.25. The molecule has 0 saturated carbocycles. The van der Waals surface area contributed by atoms with E-state index in [4.69, 9.17) is 9.47 Å². The van der Waals surface area contributed by atoms with Crippen molar-refractivity contribution in [3.8, 4) is 11.5 Å². The average molecular weight is 368 g/mol. The number of nitrogens with one attached hydrogen (secondary N) is 1. The van der Waals surface area contributed by atoms with Crippen LogP contribution >= 0.6 is 0 Å². The number of para-hydroxylation sites is 1. The number of carbonyl (C=O) groups is 1. The average Bonchev–Trinajstić information content (AvgIpc) is 2.73. The van der Waals surface area contributed by atoms with Crippen molar-refractivity contribution in [1.29, 1.82) is 0 Å². The Hall–Kier alpha value is -2.69. The number of hydrogen-bond donors (Lipinski definition) is 1. The van der Waals surface area contributed by atoms with Crippen LogP contribution < -0.4 is 14.8 Å². The Morgan fingerprint density at radius 2 is 1.81 bits per heavy atom. The van der Waals surface area contributed by atoms with Gasteiger partial charge in [0.05, 0.1) is 14.2 Å². The van der Waals surface area contributed by atoms with Gasteiger partial charge in [0, 0.05) is 31.2 Å². The Balaban J connectivity index is 1.48. The van der Waals surface area contributed by atoms with Crippen LogP contribution in [0.2, 0.25) is 0 Å². The van der Waals surface area contributed by atoms with Gasteiger partial charge in [0.2, 0.25) is 5.91 Å². The third-order valence-corrected chi connectivity index (χ3v) is 5.09. The molecule has 0 bridgehead atoms. The number of rotatable bonds is 7. The van der Waals surface area contributed by atoms with E-state index in [0.29, 0.717) is 18.9 Å². The minimum absolute atomic E-state index is 0.207. The van der Waals surface area contributed by atoms with Gasteiger partial charge in [-0.15, -0.1) is 0 Å². The zero-order valence-corrected chi connectivity index (χ0v) is 16.1. The molecular weight excluding hydrogens is 340 g/mol. The van der Waals surface area contributed by atoms with Gasteiger partial charge in [0.25, 0.3) is 0 Å². The van der Waals surface area contributed by atoms with Gasteiger partial charge in [-0.1, -0.05) is 18.2 Å². The minimum Gasteiger partial charge on any atom is -0.497 e. The van der Waals surface area contributed by atoms with Crippen molar-refractivity contribution in [1.82, 2.24) is 4.90 Å². The van der Waals surface area contributed by atoms with Gasteiger partial charge in [0.1, 0.15) is 11.5 Å². The van der Waals surface area contributed by atoms with Crippen LogP contribution in [0.1, 0.15) is 24.8 Å². The first-order valence-corrected chi connectivity index (χ1v) is 9.50. The minimum atomic E-state index is 0.207. The van der Waals surface area contributed by atoms with Crippen LogP contribution in [0.4, 0.5) is 5.69 Å². The van der Waals surface area contributed by atoms with Crippen LogP contribution in [-0.2, 0) is 11.2 Å². The van der Waals surface area contributed by atoms with E-state index in [1.807, 2.05) is 41.3 Å². The molecule has 0 aromatic heterocycles. The number of nitrogens with zero attached hydrogens (tertiary/aromatic N) is 1. The summed E-state index contributed by atoms with van der Waals surface area (Å²) in [4.78, 5) is 14.6. The number of carbonyl (C=O) groups excluding carboxylic acids is 1. The zero-order chi connectivity index (χ0) is 19.1. The standard InChI is InChI=1S/C22H28N2O3/c1-26-20-9-10-21(27-2)17(16-20)8-11-22(25)24-14-12-19(13-15-24)23-18-6-4-3-5-7-18/h3-7,9-10,16,19,23H,8,11-15H2,1-2H3. The molecule has 1 aliphatic heterocycles. The number of methoxy groups -OCH3 is 2. The van der Waals surface area contributed by atoms with Crippen LogP contribution in [0.15, 0.2) is 48.5 Å². The molecule has 0 atom stereocenters. The predicted octanol–water partition coefficient (Wildman–Crippen LogP) is 3.74. The second-order valence-corrected chi connectivity index (χ2v) is 6.84. The van der Waals surface area contributed by atoms with Crippen molar-refractivity contribution >= 4 is 11.6 Å². The van der Waals surface area contributed by atoms with Gasteiger partial charge in [-0.2, -0.15) is 0 Å². The summed E-state index contributed by atoms with van der Waals surface area (Å²) >= 11 is 0. The SMILES string of the molecule is COc1ccc(OC)c(CCC(=O)N2CCC(Nc3ccccc3)CC2)c1. The Morgan fingerprint density at radius 1 is 1.07 bits per heavy atom. The van der Waals surface area contributed by atoms with Crippen LogP contribution in [0, 0.1) is 0 Å². The normalized spacial score (nSPS) is 14.7. The molecule has 0 spiro atoms. The highest BCUT2D eigenvalue weighted by atomic mass is 16.5. The fourth-order valence-electron chi connectivity index (χ4n) is 3.52. The topological polar surface area (TPSA) is 50.8 Å². The quantitative estimate of drug-likeness (QED) is 0.809.